The van der Waals surface area contributed by atoms with Crippen LogP contribution in [0.25, 0.3) is 0 Å². The van der Waals surface area contributed by atoms with Gasteiger partial charge in [0.2, 0.25) is 10.0 Å². The lowest BCUT2D eigenvalue weighted by molar-refractivity contribution is 0.522. The predicted molar refractivity (Wildman–Crippen MR) is 98.6 cm³/mol. The summed E-state index contributed by atoms with van der Waals surface area (Å²) in [6, 6.07) is 3.44. The summed E-state index contributed by atoms with van der Waals surface area (Å²) >= 11 is 8.45. The van der Waals surface area contributed by atoms with E-state index >= 15 is 0 Å². The highest BCUT2D eigenvalue weighted by Gasteiger charge is 2.28. The molecule has 0 saturated heterocycles. The number of hydrogen-bond donors (Lipinski definition) is 1. The zero-order valence-electron chi connectivity index (χ0n) is 12.7. The maximum Gasteiger partial charge on any atom is 0.241 e. The maximum absolute atomic E-state index is 12.5. The van der Waals surface area contributed by atoms with Gasteiger partial charge in [0.05, 0.1) is 4.90 Å². The molecule has 0 spiro atoms. The second kappa shape index (κ2) is 7.81. The van der Waals surface area contributed by atoms with Crippen molar-refractivity contribution in [1.82, 2.24) is 4.72 Å². The molecular formula is C14H21Br2NO2S2. The third-order valence-electron chi connectivity index (χ3n) is 3.81. The van der Waals surface area contributed by atoms with E-state index in [9.17, 15) is 8.42 Å². The number of benzene rings is 1. The molecule has 1 rings (SSSR count). The zero-order chi connectivity index (χ0) is 16.3. The highest BCUT2D eigenvalue weighted by atomic mass is 79.9. The highest BCUT2D eigenvalue weighted by Crippen LogP contribution is 2.32. The minimum Gasteiger partial charge on any atom is -0.210 e. The Morgan fingerprint density at radius 1 is 1.19 bits per heavy atom. The van der Waals surface area contributed by atoms with Crippen molar-refractivity contribution in [3.8, 4) is 0 Å². The number of halogens is 2. The molecule has 0 aliphatic heterocycles. The molecule has 0 fully saturated rings. The summed E-state index contributed by atoms with van der Waals surface area (Å²) in [7, 11) is -3.53. The van der Waals surface area contributed by atoms with Gasteiger partial charge in [-0.2, -0.15) is 11.8 Å². The molecule has 1 aromatic rings. The number of rotatable bonds is 7. The molecule has 21 heavy (non-hydrogen) atoms. The van der Waals surface area contributed by atoms with Crippen molar-refractivity contribution in [2.45, 2.75) is 43.3 Å². The second-order valence-corrected chi connectivity index (χ2v) is 9.67. The third-order valence-corrected chi connectivity index (χ3v) is 8.61. The fraction of sp³-hybridized carbons (Fsp3) is 0.571. The predicted octanol–water partition coefficient (Wildman–Crippen LogP) is 4.72. The van der Waals surface area contributed by atoms with Crippen LogP contribution in [0.3, 0.4) is 0 Å². The molecule has 3 nitrogen and oxygen atoms in total. The molecule has 0 unspecified atom stereocenters. The van der Waals surface area contributed by atoms with Crippen LogP contribution in [0.5, 0.6) is 0 Å². The summed E-state index contributed by atoms with van der Waals surface area (Å²) in [5.74, 6) is 0. The minimum atomic E-state index is -3.53. The Balaban J connectivity index is 3.05. The average molecular weight is 459 g/mol. The van der Waals surface area contributed by atoms with Gasteiger partial charge < -0.3 is 0 Å². The molecular weight excluding hydrogens is 438 g/mol. The third kappa shape index (κ3) is 4.70. The van der Waals surface area contributed by atoms with Crippen LogP contribution >= 0.6 is 43.6 Å². The van der Waals surface area contributed by atoms with Crippen molar-refractivity contribution in [2.24, 2.45) is 0 Å². The molecule has 0 heterocycles. The molecule has 0 aliphatic rings. The van der Waals surface area contributed by atoms with Gasteiger partial charge in [0.15, 0.2) is 0 Å². The lowest BCUT2D eigenvalue weighted by Gasteiger charge is -2.29. The van der Waals surface area contributed by atoms with E-state index in [0.29, 0.717) is 11.0 Å². The highest BCUT2D eigenvalue weighted by molar-refractivity contribution is 9.11. The fourth-order valence-electron chi connectivity index (χ4n) is 2.00. The first-order chi connectivity index (χ1) is 9.71. The lowest BCUT2D eigenvalue weighted by Crippen LogP contribution is -2.39. The van der Waals surface area contributed by atoms with Crippen LogP contribution < -0.4 is 4.72 Å². The van der Waals surface area contributed by atoms with Crippen molar-refractivity contribution < 1.29 is 8.42 Å². The monoisotopic (exact) mass is 457 g/mol. The number of sulfonamides is 1. The van der Waals surface area contributed by atoms with Gasteiger partial charge in [-0.25, -0.2) is 13.1 Å². The van der Waals surface area contributed by atoms with Crippen LogP contribution in [0.15, 0.2) is 26.0 Å². The number of aryl methyl sites for hydroxylation is 1. The maximum atomic E-state index is 12.5. The van der Waals surface area contributed by atoms with Crippen LogP contribution in [0.2, 0.25) is 0 Å². The summed E-state index contributed by atoms with van der Waals surface area (Å²) in [6.07, 6.45) is 3.87. The van der Waals surface area contributed by atoms with E-state index < -0.39 is 10.0 Å². The van der Waals surface area contributed by atoms with Crippen LogP contribution in [0.4, 0.5) is 0 Å². The average Bonchev–Trinajstić information content (AvgIpc) is 2.45. The Bertz CT molecular complexity index is 591. The van der Waals surface area contributed by atoms with Gasteiger partial charge in [-0.05, 0) is 59.6 Å². The quantitative estimate of drug-likeness (QED) is 0.642. The van der Waals surface area contributed by atoms with E-state index in [4.69, 9.17) is 0 Å². The van der Waals surface area contributed by atoms with E-state index in [-0.39, 0.29) is 9.64 Å². The van der Waals surface area contributed by atoms with E-state index in [2.05, 4.69) is 50.4 Å². The SMILES string of the molecule is CCC(CC)(CNS(=O)(=O)c1cc(Br)c(C)cc1Br)SC. The smallest absolute Gasteiger partial charge is 0.210 e. The molecule has 0 bridgehead atoms. The molecule has 1 N–H and O–H groups in total. The summed E-state index contributed by atoms with van der Waals surface area (Å²) in [5.41, 5.74) is 0.987. The summed E-state index contributed by atoms with van der Waals surface area (Å²) in [4.78, 5) is 0.266. The van der Waals surface area contributed by atoms with Gasteiger partial charge in [-0.3, -0.25) is 0 Å². The minimum absolute atomic E-state index is 0.0541. The first-order valence-corrected chi connectivity index (χ1v) is 11.0. The van der Waals surface area contributed by atoms with Gasteiger partial charge in [-0.15, -0.1) is 0 Å². The van der Waals surface area contributed by atoms with Crippen molar-refractivity contribution in [3.63, 3.8) is 0 Å². The topological polar surface area (TPSA) is 46.2 Å². The Kier molecular flexibility index (Phi) is 7.25. The molecule has 0 aromatic heterocycles. The first kappa shape index (κ1) is 19.5. The second-order valence-electron chi connectivity index (χ2n) is 4.95. The van der Waals surface area contributed by atoms with E-state index in [0.717, 1.165) is 22.9 Å². The van der Waals surface area contributed by atoms with Gasteiger partial charge in [-0.1, -0.05) is 29.8 Å². The Morgan fingerprint density at radius 2 is 1.76 bits per heavy atom. The van der Waals surface area contributed by atoms with Crippen molar-refractivity contribution in [2.75, 3.05) is 12.8 Å². The Labute approximate surface area is 149 Å². The molecule has 0 radical (unpaired) electrons. The van der Waals surface area contributed by atoms with E-state index in [1.807, 2.05) is 13.2 Å². The van der Waals surface area contributed by atoms with Gasteiger partial charge in [0.25, 0.3) is 0 Å². The van der Waals surface area contributed by atoms with Crippen LogP contribution in [-0.2, 0) is 10.0 Å². The normalized spacial score (nSPS) is 12.7. The van der Waals surface area contributed by atoms with Crippen LogP contribution in [-0.4, -0.2) is 26.0 Å². The number of nitrogens with one attached hydrogen (secondary N) is 1. The standard InChI is InChI=1S/C14H21Br2NO2S2/c1-5-14(6-2,20-4)9-17-21(18,19)13-8-11(15)10(3)7-12(13)16/h7-8,17H,5-6,9H2,1-4H3. The van der Waals surface area contributed by atoms with E-state index in [1.54, 1.807) is 23.9 Å². The summed E-state index contributed by atoms with van der Waals surface area (Å²) in [5, 5.41) is 0. The van der Waals surface area contributed by atoms with Crippen molar-refractivity contribution >= 4 is 53.6 Å². The molecule has 120 valence electrons. The molecule has 0 amide bonds. The molecule has 0 saturated carbocycles. The first-order valence-electron chi connectivity index (χ1n) is 6.72. The molecule has 7 heteroatoms. The van der Waals surface area contributed by atoms with E-state index in [1.165, 1.54) is 0 Å². The van der Waals surface area contributed by atoms with Crippen molar-refractivity contribution in [3.05, 3.63) is 26.6 Å². The zero-order valence-corrected chi connectivity index (χ0v) is 17.5. The lowest BCUT2D eigenvalue weighted by atomic mass is 10.0. The summed E-state index contributed by atoms with van der Waals surface area (Å²) < 4.78 is 29.1. The van der Waals surface area contributed by atoms with Crippen LogP contribution in [0.1, 0.15) is 32.3 Å². The number of hydrogen-bond acceptors (Lipinski definition) is 3. The molecule has 0 aliphatic carbocycles. The molecule has 0 atom stereocenters. The van der Waals surface area contributed by atoms with Gasteiger partial charge in [0, 0.05) is 20.2 Å². The van der Waals surface area contributed by atoms with Gasteiger partial charge >= 0.3 is 0 Å². The largest absolute Gasteiger partial charge is 0.241 e. The Morgan fingerprint density at radius 3 is 2.24 bits per heavy atom. The molecule has 1 aromatic carbocycles. The fourth-order valence-corrected chi connectivity index (χ4v) is 5.69. The summed E-state index contributed by atoms with van der Waals surface area (Å²) in [6.45, 7) is 6.53. The number of thioether (sulfide) groups is 1. The van der Waals surface area contributed by atoms with Crippen molar-refractivity contribution in [1.29, 1.82) is 0 Å². The van der Waals surface area contributed by atoms with Crippen LogP contribution in [0, 0.1) is 6.92 Å². The van der Waals surface area contributed by atoms with Gasteiger partial charge in [0.1, 0.15) is 0 Å². The Hall–Kier alpha value is 0.440.